The summed E-state index contributed by atoms with van der Waals surface area (Å²) in [6.07, 6.45) is 0.412. The highest BCUT2D eigenvalue weighted by atomic mass is 32.2. The van der Waals surface area contributed by atoms with Gasteiger partial charge in [-0.25, -0.2) is 4.79 Å². The van der Waals surface area contributed by atoms with E-state index in [-0.39, 0.29) is 18.5 Å². The highest BCUT2D eigenvalue weighted by molar-refractivity contribution is 7.85. The lowest BCUT2D eigenvalue weighted by atomic mass is 10.2. The molecule has 9 heteroatoms. The first kappa shape index (κ1) is 28.2. The van der Waals surface area contributed by atoms with E-state index >= 15 is 0 Å². The highest BCUT2D eigenvalue weighted by Crippen LogP contribution is 2.17. The number of rotatable bonds is 12. The third-order valence-corrected chi connectivity index (χ3v) is 5.02. The molecule has 0 amide bonds. The number of carbonyl (C=O) groups is 1. The fourth-order valence-electron chi connectivity index (χ4n) is 2.62. The van der Waals surface area contributed by atoms with Crippen molar-refractivity contribution in [1.82, 2.24) is 0 Å². The first-order chi connectivity index (χ1) is 12.1. The molecular formula is C18H40N2O6S+2. The molecule has 8 nitrogen and oxygen atoms in total. The number of carboxylic acids is 1. The summed E-state index contributed by atoms with van der Waals surface area (Å²) >= 11 is 0. The third-order valence-electron chi connectivity index (χ3n) is 4.22. The van der Waals surface area contributed by atoms with Gasteiger partial charge in [0, 0.05) is 13.3 Å². The third kappa shape index (κ3) is 15.7. The molecule has 162 valence electrons. The Morgan fingerprint density at radius 3 is 1.93 bits per heavy atom. The Morgan fingerprint density at radius 1 is 1.19 bits per heavy atom. The number of hydrogen-bond acceptors (Lipinski definition) is 4. The van der Waals surface area contributed by atoms with Crippen molar-refractivity contribution in [3.63, 3.8) is 0 Å². The second-order valence-corrected chi connectivity index (χ2v) is 9.50. The monoisotopic (exact) mass is 412 g/mol. The van der Waals surface area contributed by atoms with Crippen LogP contribution in [0, 0.1) is 0 Å². The van der Waals surface area contributed by atoms with Crippen LogP contribution in [0.25, 0.3) is 0 Å². The van der Waals surface area contributed by atoms with Gasteiger partial charge in [-0.1, -0.05) is 12.2 Å². The molecule has 0 aliphatic heterocycles. The van der Waals surface area contributed by atoms with Crippen LogP contribution < -0.4 is 0 Å². The van der Waals surface area contributed by atoms with Crippen molar-refractivity contribution in [2.24, 2.45) is 0 Å². The van der Waals surface area contributed by atoms with Gasteiger partial charge >= 0.3 is 5.97 Å². The van der Waals surface area contributed by atoms with Crippen LogP contribution >= 0.6 is 0 Å². The van der Waals surface area contributed by atoms with E-state index in [1.165, 1.54) is 0 Å². The first-order valence-corrected chi connectivity index (χ1v) is 10.8. The Hall–Kier alpha value is -1.00. The van der Waals surface area contributed by atoms with E-state index in [9.17, 15) is 13.2 Å². The second kappa shape index (κ2) is 12.5. The van der Waals surface area contributed by atoms with Crippen LogP contribution in [0.5, 0.6) is 0 Å². The van der Waals surface area contributed by atoms with E-state index in [0.29, 0.717) is 28.5 Å². The maximum absolute atomic E-state index is 10.8. The molecule has 27 heavy (non-hydrogen) atoms. The number of carboxylic acid groups (broad SMARTS) is 1. The minimum absolute atomic E-state index is 0.0203. The van der Waals surface area contributed by atoms with Gasteiger partial charge in [0.05, 0.1) is 53.1 Å². The summed E-state index contributed by atoms with van der Waals surface area (Å²) in [6, 6.07) is 0. The van der Waals surface area contributed by atoms with E-state index in [4.69, 9.17) is 14.4 Å². The van der Waals surface area contributed by atoms with Gasteiger partial charge in [-0.15, -0.1) is 0 Å². The Kier molecular flexibility index (Phi) is 13.0. The molecule has 2 N–H and O–H groups in total. The highest BCUT2D eigenvalue weighted by Gasteiger charge is 2.31. The number of likely N-dealkylation sites (N-methyl/N-ethyl adjacent to an activating group) is 1. The Morgan fingerprint density at radius 2 is 1.67 bits per heavy atom. The van der Waals surface area contributed by atoms with E-state index < -0.39 is 16.1 Å². The Balaban J connectivity index is 0. The van der Waals surface area contributed by atoms with Crippen molar-refractivity contribution in [3.8, 4) is 0 Å². The van der Waals surface area contributed by atoms with Gasteiger partial charge < -0.3 is 14.3 Å². The molecule has 0 aromatic heterocycles. The lowest BCUT2D eigenvalue weighted by Gasteiger charge is -2.41. The summed E-state index contributed by atoms with van der Waals surface area (Å²) in [6.45, 7) is 14.9. The SMILES string of the molecule is C=C(C)COC(C)[N+](CC)(CC)CCCS(=O)(=O)O.C[N+](C)(C)CC(=O)O. The summed E-state index contributed by atoms with van der Waals surface area (Å²) in [7, 11) is 1.64. The van der Waals surface area contributed by atoms with Gasteiger partial charge in [-0.3, -0.25) is 9.04 Å². The summed E-state index contributed by atoms with van der Waals surface area (Å²) in [5.74, 6) is -0.947. The van der Waals surface area contributed by atoms with Crippen LogP contribution in [0.2, 0.25) is 0 Å². The largest absolute Gasteiger partial charge is 0.477 e. The molecule has 0 heterocycles. The molecule has 0 rings (SSSR count). The molecule has 0 radical (unpaired) electrons. The molecule has 0 saturated carbocycles. The zero-order chi connectivity index (χ0) is 21.9. The summed E-state index contributed by atoms with van der Waals surface area (Å²) in [5, 5.41) is 8.23. The topological polar surface area (TPSA) is 101 Å². The van der Waals surface area contributed by atoms with Crippen LogP contribution in [0.3, 0.4) is 0 Å². The number of quaternary nitrogens is 2. The van der Waals surface area contributed by atoms with Crippen molar-refractivity contribution in [2.45, 2.75) is 40.3 Å². The van der Waals surface area contributed by atoms with Gasteiger partial charge in [-0.05, 0) is 20.8 Å². The predicted molar refractivity (Wildman–Crippen MR) is 108 cm³/mol. The summed E-state index contributed by atoms with van der Waals surface area (Å²) in [4.78, 5) is 10.00. The smallest absolute Gasteiger partial charge is 0.359 e. The molecule has 0 spiro atoms. The lowest BCUT2D eigenvalue weighted by Crippen LogP contribution is -2.56. The summed E-state index contributed by atoms with van der Waals surface area (Å²) in [5.41, 5.74) is 0.968. The average molecular weight is 413 g/mol. The van der Waals surface area contributed by atoms with Crippen molar-refractivity contribution < 1.29 is 36.6 Å². The summed E-state index contributed by atoms with van der Waals surface area (Å²) < 4.78 is 37.3. The van der Waals surface area contributed by atoms with Gasteiger partial charge in [0.25, 0.3) is 10.1 Å². The number of aliphatic carboxylic acids is 1. The van der Waals surface area contributed by atoms with Crippen LogP contribution in [0.4, 0.5) is 0 Å². The molecule has 0 aliphatic rings. The van der Waals surface area contributed by atoms with E-state index in [1.807, 2.05) is 35.0 Å². The zero-order valence-electron chi connectivity index (χ0n) is 18.1. The molecule has 0 aromatic carbocycles. The maximum atomic E-state index is 10.8. The molecule has 0 fully saturated rings. The van der Waals surface area contributed by atoms with E-state index in [2.05, 4.69) is 20.4 Å². The predicted octanol–water partition coefficient (Wildman–Crippen LogP) is 1.84. The number of hydrogen-bond donors (Lipinski definition) is 2. The molecule has 1 unspecified atom stereocenters. The average Bonchev–Trinajstić information content (AvgIpc) is 2.46. The maximum Gasteiger partial charge on any atom is 0.359 e. The molecule has 0 saturated heterocycles. The fourth-order valence-corrected chi connectivity index (χ4v) is 3.12. The second-order valence-electron chi connectivity index (χ2n) is 7.92. The van der Waals surface area contributed by atoms with Gasteiger partial charge in [0.15, 0.2) is 12.8 Å². The molecule has 0 bridgehead atoms. The fraction of sp³-hybridized carbons (Fsp3) is 0.833. The van der Waals surface area contributed by atoms with E-state index in [0.717, 1.165) is 18.7 Å². The Labute approximate surface area is 165 Å². The van der Waals surface area contributed by atoms with Gasteiger partial charge in [0.1, 0.15) is 0 Å². The van der Waals surface area contributed by atoms with Crippen molar-refractivity contribution in [3.05, 3.63) is 12.2 Å². The normalized spacial score (nSPS) is 13.5. The minimum atomic E-state index is -3.88. The van der Waals surface area contributed by atoms with Crippen LogP contribution in [0.15, 0.2) is 12.2 Å². The standard InChI is InChI=1S/C13H27NO4S.C5H11NO2/c1-6-14(7-2,9-8-10-19(15,16)17)13(5)18-11-12(3)4;1-6(2,3)4-5(7)8/h13H,3,6-11H2,1-2,4-5H3;4H2,1-3H3/p+2. The molecular weight excluding hydrogens is 372 g/mol. The van der Waals surface area contributed by atoms with Crippen LogP contribution in [0.1, 0.15) is 34.1 Å². The quantitative estimate of drug-likeness (QED) is 0.220. The minimum Gasteiger partial charge on any atom is -0.477 e. The van der Waals surface area contributed by atoms with Gasteiger partial charge in [-0.2, -0.15) is 8.42 Å². The van der Waals surface area contributed by atoms with Gasteiger partial charge in [0.2, 0.25) is 0 Å². The van der Waals surface area contributed by atoms with Crippen molar-refractivity contribution >= 4 is 16.1 Å². The number of nitrogens with zero attached hydrogens (tertiary/aromatic N) is 2. The molecule has 0 aromatic rings. The first-order valence-electron chi connectivity index (χ1n) is 9.17. The molecule has 1 atom stereocenters. The van der Waals surface area contributed by atoms with Crippen LogP contribution in [-0.2, 0) is 19.6 Å². The zero-order valence-corrected chi connectivity index (χ0v) is 18.9. The van der Waals surface area contributed by atoms with E-state index in [1.54, 1.807) is 0 Å². The van der Waals surface area contributed by atoms with Crippen molar-refractivity contribution in [2.75, 3.05) is 59.7 Å². The molecule has 0 aliphatic carbocycles. The lowest BCUT2D eigenvalue weighted by molar-refractivity contribution is -0.966. The van der Waals surface area contributed by atoms with Crippen LogP contribution in [-0.4, -0.2) is 98.9 Å². The number of ether oxygens (including phenoxy) is 1. The Bertz CT molecular complexity index is 551. The van der Waals surface area contributed by atoms with Crippen molar-refractivity contribution in [1.29, 1.82) is 0 Å².